The number of amides is 2. The Hall–Kier alpha value is -3.75. The Labute approximate surface area is 169 Å². The maximum Gasteiger partial charge on any atom is 0.573 e. The molecule has 3 rings (SSSR count). The number of rotatable bonds is 5. The summed E-state index contributed by atoms with van der Waals surface area (Å²) in [4.78, 5) is 26.0. The van der Waals surface area contributed by atoms with E-state index in [4.69, 9.17) is 0 Å². The highest BCUT2D eigenvalue weighted by Crippen LogP contribution is 2.26. The number of nitrogens with one attached hydrogen (secondary N) is 1. The number of phenolic OH excluding ortho intramolecular Hbond substituents is 1. The molecule has 0 heterocycles. The van der Waals surface area contributed by atoms with Crippen molar-refractivity contribution in [3.63, 3.8) is 0 Å². The van der Waals surface area contributed by atoms with Gasteiger partial charge in [0, 0.05) is 12.7 Å². The van der Waals surface area contributed by atoms with Gasteiger partial charge in [-0.1, -0.05) is 24.3 Å². The molecule has 0 fully saturated rings. The molecule has 0 aliphatic rings. The van der Waals surface area contributed by atoms with Crippen LogP contribution in [0.15, 0.2) is 60.7 Å². The molecule has 0 saturated carbocycles. The fourth-order valence-corrected chi connectivity index (χ4v) is 2.83. The summed E-state index contributed by atoms with van der Waals surface area (Å²) in [7, 11) is 1.40. The second-order valence-corrected chi connectivity index (χ2v) is 6.50. The van der Waals surface area contributed by atoms with E-state index in [9.17, 15) is 27.9 Å². The van der Waals surface area contributed by atoms with Gasteiger partial charge in [-0.25, -0.2) is 0 Å². The van der Waals surface area contributed by atoms with Gasteiger partial charge in [0.25, 0.3) is 5.91 Å². The van der Waals surface area contributed by atoms with Crippen LogP contribution in [0.4, 0.5) is 18.9 Å². The van der Waals surface area contributed by atoms with E-state index in [-0.39, 0.29) is 23.5 Å². The zero-order chi connectivity index (χ0) is 21.9. The molecule has 156 valence electrons. The fraction of sp³-hybridized carbons (Fsp3) is 0.143. The van der Waals surface area contributed by atoms with Crippen molar-refractivity contribution in [1.29, 1.82) is 0 Å². The van der Waals surface area contributed by atoms with Crippen LogP contribution < -0.4 is 10.1 Å². The average molecular weight is 418 g/mol. The molecule has 0 radical (unpaired) electrons. The predicted octanol–water partition coefficient (Wildman–Crippen LogP) is 4.15. The summed E-state index contributed by atoms with van der Waals surface area (Å²) in [5, 5.41) is 14.2. The van der Waals surface area contributed by atoms with E-state index in [1.165, 1.54) is 25.2 Å². The van der Waals surface area contributed by atoms with Crippen molar-refractivity contribution >= 4 is 28.3 Å². The topological polar surface area (TPSA) is 78.9 Å². The number of aromatic hydroxyl groups is 1. The van der Waals surface area contributed by atoms with E-state index >= 15 is 0 Å². The van der Waals surface area contributed by atoms with Crippen LogP contribution in [-0.2, 0) is 4.79 Å². The van der Waals surface area contributed by atoms with E-state index in [0.29, 0.717) is 0 Å². The second-order valence-electron chi connectivity index (χ2n) is 6.50. The van der Waals surface area contributed by atoms with Crippen LogP contribution in [0.2, 0.25) is 0 Å². The van der Waals surface area contributed by atoms with Crippen LogP contribution in [0.1, 0.15) is 10.4 Å². The zero-order valence-corrected chi connectivity index (χ0v) is 15.7. The van der Waals surface area contributed by atoms with E-state index in [1.807, 2.05) is 6.07 Å². The highest BCUT2D eigenvalue weighted by atomic mass is 19.4. The maximum atomic E-state index is 12.6. The molecule has 6 nitrogen and oxygen atoms in total. The third kappa shape index (κ3) is 5.19. The Kier molecular flexibility index (Phi) is 5.81. The Balaban J connectivity index is 1.64. The van der Waals surface area contributed by atoms with Crippen LogP contribution in [0, 0.1) is 0 Å². The first-order valence-electron chi connectivity index (χ1n) is 8.75. The third-order valence-electron chi connectivity index (χ3n) is 4.19. The molecule has 0 aliphatic carbocycles. The summed E-state index contributed by atoms with van der Waals surface area (Å²) in [6, 6.07) is 14.8. The Morgan fingerprint density at radius 3 is 2.23 bits per heavy atom. The lowest BCUT2D eigenvalue weighted by Crippen LogP contribution is -2.35. The monoisotopic (exact) mass is 418 g/mol. The number of hydrogen-bond donors (Lipinski definition) is 2. The lowest BCUT2D eigenvalue weighted by atomic mass is 10.1. The highest BCUT2D eigenvalue weighted by molar-refractivity contribution is 6.03. The SMILES string of the molecule is CN(CC(=O)Nc1ccc(OC(F)(F)F)cc1)C(=O)c1cc2ccccc2cc1O. The number of halogens is 3. The van der Waals surface area contributed by atoms with E-state index in [0.717, 1.165) is 27.8 Å². The van der Waals surface area contributed by atoms with Gasteiger partial charge in [-0.3, -0.25) is 9.59 Å². The summed E-state index contributed by atoms with van der Waals surface area (Å²) >= 11 is 0. The molecular weight excluding hydrogens is 401 g/mol. The highest BCUT2D eigenvalue weighted by Gasteiger charge is 2.31. The standard InChI is InChI=1S/C21H17F3N2O4/c1-26(20(29)17-10-13-4-2-3-5-14(13)11-18(17)27)12-19(28)25-15-6-8-16(9-7-15)30-21(22,23)24/h2-11,27H,12H2,1H3,(H,25,28). The smallest absolute Gasteiger partial charge is 0.507 e. The van der Waals surface area contributed by atoms with Gasteiger partial charge in [-0.05, 0) is 47.2 Å². The number of likely N-dealkylation sites (N-methyl/N-ethyl adjacent to an activating group) is 1. The molecule has 3 aromatic rings. The van der Waals surface area contributed by atoms with Gasteiger partial charge >= 0.3 is 6.36 Å². The summed E-state index contributed by atoms with van der Waals surface area (Å²) in [6.45, 7) is -0.327. The molecule has 0 saturated heterocycles. The van der Waals surface area contributed by atoms with Crippen LogP contribution in [-0.4, -0.2) is 41.8 Å². The number of phenols is 1. The number of hydrogen-bond acceptors (Lipinski definition) is 4. The van der Waals surface area contributed by atoms with E-state index in [1.54, 1.807) is 24.3 Å². The first-order chi connectivity index (χ1) is 14.1. The lowest BCUT2D eigenvalue weighted by molar-refractivity contribution is -0.274. The molecule has 0 aromatic heterocycles. The number of fused-ring (bicyclic) bond motifs is 1. The minimum Gasteiger partial charge on any atom is -0.507 e. The summed E-state index contributed by atoms with van der Waals surface area (Å²) in [6.07, 6.45) is -4.80. The predicted molar refractivity (Wildman–Crippen MR) is 104 cm³/mol. The lowest BCUT2D eigenvalue weighted by Gasteiger charge is -2.18. The number of nitrogens with zero attached hydrogens (tertiary/aromatic N) is 1. The van der Waals surface area contributed by atoms with Gasteiger partial charge in [-0.15, -0.1) is 13.2 Å². The summed E-state index contributed by atoms with van der Waals surface area (Å²) in [5.41, 5.74) is 0.293. The molecule has 0 atom stereocenters. The third-order valence-corrected chi connectivity index (χ3v) is 4.19. The molecule has 0 aliphatic heterocycles. The normalized spacial score (nSPS) is 11.2. The number of carbonyl (C=O) groups is 2. The quantitative estimate of drug-likeness (QED) is 0.652. The van der Waals surface area contributed by atoms with Crippen molar-refractivity contribution < 1.29 is 32.6 Å². The maximum absolute atomic E-state index is 12.6. The molecule has 2 N–H and O–H groups in total. The van der Waals surface area contributed by atoms with Gasteiger partial charge < -0.3 is 20.1 Å². The minimum atomic E-state index is -4.80. The second kappa shape index (κ2) is 8.32. The van der Waals surface area contributed by atoms with E-state index < -0.39 is 23.9 Å². The number of carbonyl (C=O) groups excluding carboxylic acids is 2. The number of alkyl halides is 3. The fourth-order valence-electron chi connectivity index (χ4n) is 2.83. The van der Waals surface area contributed by atoms with Crippen molar-refractivity contribution in [3.05, 3.63) is 66.2 Å². The largest absolute Gasteiger partial charge is 0.573 e. The van der Waals surface area contributed by atoms with Crippen molar-refractivity contribution in [3.8, 4) is 11.5 Å². The molecule has 0 spiro atoms. The number of anilines is 1. The molecule has 9 heteroatoms. The van der Waals surface area contributed by atoms with Gasteiger partial charge in [0.15, 0.2) is 0 Å². The number of benzene rings is 3. The molecule has 30 heavy (non-hydrogen) atoms. The van der Waals surface area contributed by atoms with Crippen LogP contribution in [0.3, 0.4) is 0 Å². The Bertz CT molecular complexity index is 1080. The average Bonchev–Trinajstić information content (AvgIpc) is 2.67. The first kappa shape index (κ1) is 21.0. The van der Waals surface area contributed by atoms with Gasteiger partial charge in [-0.2, -0.15) is 0 Å². The van der Waals surface area contributed by atoms with Crippen molar-refractivity contribution in [2.24, 2.45) is 0 Å². The van der Waals surface area contributed by atoms with Crippen molar-refractivity contribution in [2.45, 2.75) is 6.36 Å². The zero-order valence-electron chi connectivity index (χ0n) is 15.7. The van der Waals surface area contributed by atoms with Crippen molar-refractivity contribution in [2.75, 3.05) is 18.9 Å². The van der Waals surface area contributed by atoms with Crippen LogP contribution >= 0.6 is 0 Å². The van der Waals surface area contributed by atoms with Crippen LogP contribution in [0.5, 0.6) is 11.5 Å². The van der Waals surface area contributed by atoms with Gasteiger partial charge in [0.1, 0.15) is 11.5 Å². The van der Waals surface area contributed by atoms with Gasteiger partial charge in [0.2, 0.25) is 5.91 Å². The molecule has 0 unspecified atom stereocenters. The van der Waals surface area contributed by atoms with Crippen LogP contribution in [0.25, 0.3) is 10.8 Å². The first-order valence-corrected chi connectivity index (χ1v) is 8.75. The van der Waals surface area contributed by atoms with E-state index in [2.05, 4.69) is 10.1 Å². The number of ether oxygens (including phenoxy) is 1. The Morgan fingerprint density at radius 1 is 1.03 bits per heavy atom. The summed E-state index contributed by atoms with van der Waals surface area (Å²) < 4.78 is 40.3. The van der Waals surface area contributed by atoms with Crippen molar-refractivity contribution in [1.82, 2.24) is 4.90 Å². The molecule has 0 bridgehead atoms. The molecule has 3 aromatic carbocycles. The Morgan fingerprint density at radius 2 is 1.63 bits per heavy atom. The minimum absolute atomic E-state index is 0.0534. The molecular formula is C21H17F3N2O4. The summed E-state index contributed by atoms with van der Waals surface area (Å²) in [5.74, 6) is -1.73. The molecule has 2 amide bonds. The van der Waals surface area contributed by atoms with Gasteiger partial charge in [0.05, 0.1) is 12.1 Å².